The monoisotopic (exact) mass is 254 g/mol. The quantitative estimate of drug-likeness (QED) is 0.417. The molecule has 0 fully saturated rings. The van der Waals surface area contributed by atoms with Crippen LogP contribution in [0.15, 0.2) is 18.2 Å². The van der Waals surface area contributed by atoms with Crippen molar-refractivity contribution in [2.45, 2.75) is 25.8 Å². The molecule has 100 valence electrons. The summed E-state index contributed by atoms with van der Waals surface area (Å²) in [5.41, 5.74) is 6.08. The first-order chi connectivity index (χ1) is 8.69. The Hall–Kier alpha value is -1.66. The molecule has 1 aromatic rings. The molecule has 18 heavy (non-hydrogen) atoms. The minimum absolute atomic E-state index is 0.0555. The number of hydrogen-bond donors (Lipinski definition) is 2. The number of aliphatic hydroxyl groups is 1. The van der Waals surface area contributed by atoms with Crippen LogP contribution < -0.4 is 10.5 Å². The van der Waals surface area contributed by atoms with Gasteiger partial charge in [0, 0.05) is 19.2 Å². The molecule has 6 nitrogen and oxygen atoms in total. The molecule has 0 unspecified atom stereocenters. The number of benzene rings is 1. The maximum absolute atomic E-state index is 10.9. The molecule has 6 heteroatoms. The third-order valence-electron chi connectivity index (χ3n) is 2.52. The molecule has 0 heterocycles. The van der Waals surface area contributed by atoms with E-state index in [2.05, 4.69) is 0 Å². The van der Waals surface area contributed by atoms with Crippen molar-refractivity contribution in [1.82, 2.24) is 0 Å². The molecule has 1 rings (SSSR count). The molecule has 0 spiro atoms. The van der Waals surface area contributed by atoms with E-state index in [4.69, 9.17) is 15.6 Å². The second-order valence-corrected chi connectivity index (χ2v) is 3.90. The lowest BCUT2D eigenvalue weighted by molar-refractivity contribution is -0.385. The molecule has 0 atom stereocenters. The Morgan fingerprint density at radius 1 is 1.33 bits per heavy atom. The van der Waals surface area contributed by atoms with Crippen molar-refractivity contribution in [2.75, 3.05) is 13.2 Å². The van der Waals surface area contributed by atoms with Crippen LogP contribution in [0.1, 0.15) is 24.8 Å². The summed E-state index contributed by atoms with van der Waals surface area (Å²) in [6, 6.07) is 4.73. The van der Waals surface area contributed by atoms with Gasteiger partial charge in [-0.25, -0.2) is 0 Å². The molecule has 0 aromatic heterocycles. The van der Waals surface area contributed by atoms with Gasteiger partial charge in [-0.1, -0.05) is 6.07 Å². The number of rotatable bonds is 8. The molecule has 0 aliphatic carbocycles. The summed E-state index contributed by atoms with van der Waals surface area (Å²) in [4.78, 5) is 10.4. The molecule has 3 N–H and O–H groups in total. The van der Waals surface area contributed by atoms with E-state index in [9.17, 15) is 10.1 Å². The zero-order valence-corrected chi connectivity index (χ0v) is 10.2. The SMILES string of the molecule is NCc1ccc(OCCCCCO)c([N+](=O)[O-])c1. The van der Waals surface area contributed by atoms with E-state index in [1.54, 1.807) is 12.1 Å². The smallest absolute Gasteiger partial charge is 0.311 e. The summed E-state index contributed by atoms with van der Waals surface area (Å²) in [5, 5.41) is 19.5. The van der Waals surface area contributed by atoms with Crippen molar-refractivity contribution < 1.29 is 14.8 Å². The van der Waals surface area contributed by atoms with Crippen LogP contribution in [0.2, 0.25) is 0 Å². The number of ether oxygens (including phenoxy) is 1. The Bertz CT molecular complexity index is 396. The van der Waals surface area contributed by atoms with Gasteiger partial charge in [0.15, 0.2) is 5.75 Å². The topological polar surface area (TPSA) is 98.6 Å². The lowest BCUT2D eigenvalue weighted by Crippen LogP contribution is -2.03. The van der Waals surface area contributed by atoms with E-state index < -0.39 is 4.92 Å². The summed E-state index contributed by atoms with van der Waals surface area (Å²) in [6.45, 7) is 0.825. The van der Waals surface area contributed by atoms with Gasteiger partial charge in [0.25, 0.3) is 0 Å². The van der Waals surface area contributed by atoms with Crippen LogP contribution in [0.25, 0.3) is 0 Å². The molecule has 0 bridgehead atoms. The van der Waals surface area contributed by atoms with Gasteiger partial charge >= 0.3 is 5.69 Å². The van der Waals surface area contributed by atoms with Gasteiger partial charge in [0.2, 0.25) is 0 Å². The summed E-state index contributed by atoms with van der Waals surface area (Å²) >= 11 is 0. The number of unbranched alkanes of at least 4 members (excludes halogenated alkanes) is 2. The normalized spacial score (nSPS) is 10.3. The fraction of sp³-hybridized carbons (Fsp3) is 0.500. The predicted octanol–water partition coefficient (Wildman–Crippen LogP) is 1.59. The van der Waals surface area contributed by atoms with Crippen molar-refractivity contribution in [3.8, 4) is 5.75 Å². The summed E-state index contributed by atoms with van der Waals surface area (Å²) < 4.78 is 5.38. The highest BCUT2D eigenvalue weighted by molar-refractivity contribution is 5.48. The highest BCUT2D eigenvalue weighted by Crippen LogP contribution is 2.28. The van der Waals surface area contributed by atoms with E-state index >= 15 is 0 Å². The van der Waals surface area contributed by atoms with Crippen molar-refractivity contribution in [3.05, 3.63) is 33.9 Å². The molecule has 0 aliphatic heterocycles. The summed E-state index contributed by atoms with van der Waals surface area (Å²) in [7, 11) is 0. The van der Waals surface area contributed by atoms with Gasteiger partial charge in [-0.05, 0) is 30.9 Å². The van der Waals surface area contributed by atoms with Gasteiger partial charge < -0.3 is 15.6 Å². The summed E-state index contributed by atoms with van der Waals surface area (Å²) in [5.74, 6) is 0.265. The molecule has 1 aromatic carbocycles. The van der Waals surface area contributed by atoms with Crippen LogP contribution >= 0.6 is 0 Å². The number of nitrogens with zero attached hydrogens (tertiary/aromatic N) is 1. The lowest BCUT2D eigenvalue weighted by atomic mass is 10.2. The van der Waals surface area contributed by atoms with Crippen molar-refractivity contribution in [1.29, 1.82) is 0 Å². The third kappa shape index (κ3) is 4.31. The van der Waals surface area contributed by atoms with Gasteiger partial charge in [-0.15, -0.1) is 0 Å². The van der Waals surface area contributed by atoms with Crippen LogP contribution in [-0.2, 0) is 6.54 Å². The number of nitrogens with two attached hydrogens (primary N) is 1. The molecule has 0 amide bonds. The second-order valence-electron chi connectivity index (χ2n) is 3.90. The molecule has 0 radical (unpaired) electrons. The number of nitro benzene ring substituents is 1. The van der Waals surface area contributed by atoms with Crippen molar-refractivity contribution in [3.63, 3.8) is 0 Å². The first-order valence-electron chi connectivity index (χ1n) is 5.90. The Kier molecular flexibility index (Phi) is 6.10. The van der Waals surface area contributed by atoms with Gasteiger partial charge in [0.1, 0.15) is 0 Å². The zero-order chi connectivity index (χ0) is 13.4. The first-order valence-corrected chi connectivity index (χ1v) is 5.90. The molecule has 0 aliphatic rings. The predicted molar refractivity (Wildman–Crippen MR) is 67.4 cm³/mol. The zero-order valence-electron chi connectivity index (χ0n) is 10.2. The van der Waals surface area contributed by atoms with E-state index in [-0.39, 0.29) is 24.6 Å². The van der Waals surface area contributed by atoms with Crippen LogP contribution in [0.4, 0.5) is 5.69 Å². The van der Waals surface area contributed by atoms with Crippen molar-refractivity contribution >= 4 is 5.69 Å². The number of nitro groups is 1. The van der Waals surface area contributed by atoms with Gasteiger partial charge in [0.05, 0.1) is 11.5 Å². The Balaban J connectivity index is 2.61. The maximum Gasteiger partial charge on any atom is 0.311 e. The maximum atomic E-state index is 10.9. The number of aliphatic hydroxyl groups excluding tert-OH is 1. The average Bonchev–Trinajstić information content (AvgIpc) is 2.38. The lowest BCUT2D eigenvalue weighted by Gasteiger charge is -2.07. The summed E-state index contributed by atoms with van der Waals surface area (Å²) in [6.07, 6.45) is 2.32. The highest BCUT2D eigenvalue weighted by atomic mass is 16.6. The Morgan fingerprint density at radius 3 is 2.72 bits per heavy atom. The average molecular weight is 254 g/mol. The molecule has 0 saturated heterocycles. The fourth-order valence-corrected chi connectivity index (χ4v) is 1.53. The fourth-order valence-electron chi connectivity index (χ4n) is 1.53. The van der Waals surface area contributed by atoms with Crippen molar-refractivity contribution in [2.24, 2.45) is 5.73 Å². The molecule has 0 saturated carbocycles. The van der Waals surface area contributed by atoms with Gasteiger partial charge in [-0.2, -0.15) is 0 Å². The largest absolute Gasteiger partial charge is 0.487 e. The van der Waals surface area contributed by atoms with Crippen LogP contribution in [0, 0.1) is 10.1 Å². The molecular formula is C12H18N2O4. The minimum Gasteiger partial charge on any atom is -0.487 e. The first kappa shape index (κ1) is 14.4. The molecular weight excluding hydrogens is 236 g/mol. The van der Waals surface area contributed by atoms with E-state index in [0.29, 0.717) is 12.2 Å². The van der Waals surface area contributed by atoms with Crippen LogP contribution in [-0.4, -0.2) is 23.2 Å². The van der Waals surface area contributed by atoms with E-state index in [1.165, 1.54) is 6.07 Å². The van der Waals surface area contributed by atoms with E-state index in [0.717, 1.165) is 19.3 Å². The standard InChI is InChI=1S/C12H18N2O4/c13-9-10-4-5-12(11(8-10)14(16)17)18-7-3-1-2-6-15/h4-5,8,15H,1-3,6-7,9,13H2. The van der Waals surface area contributed by atoms with Crippen LogP contribution in [0.5, 0.6) is 5.75 Å². The van der Waals surface area contributed by atoms with E-state index in [1.807, 2.05) is 0 Å². The van der Waals surface area contributed by atoms with Gasteiger partial charge in [-0.3, -0.25) is 10.1 Å². The van der Waals surface area contributed by atoms with Crippen LogP contribution in [0.3, 0.4) is 0 Å². The highest BCUT2D eigenvalue weighted by Gasteiger charge is 2.15. The third-order valence-corrected chi connectivity index (χ3v) is 2.52. The minimum atomic E-state index is -0.470. The Morgan fingerprint density at radius 2 is 2.11 bits per heavy atom. The Labute approximate surface area is 106 Å². The number of hydrogen-bond acceptors (Lipinski definition) is 5. The second kappa shape index (κ2) is 7.62.